The fourth-order valence-corrected chi connectivity index (χ4v) is 4.87. The number of hydrogen-bond donors (Lipinski definition) is 0. The van der Waals surface area contributed by atoms with E-state index in [1.165, 1.54) is 65.9 Å². The molecule has 0 spiro atoms. The fraction of sp³-hybridized carbons (Fsp3) is 0.233. The number of Topliss-reactive ketones (excluding diaryl/α,β-unsaturated/α-hetero) is 1. The molecule has 0 atom stereocenters. The van der Waals surface area contributed by atoms with Crippen LogP contribution in [0.15, 0.2) is 54.1 Å². The minimum atomic E-state index is -1.59. The standard InChI is InChI=1S/C30H28N2O10S.Na/c1-37-19-8-6-16(23(14-19)42-15-26(33)40-4)10-20(27(30(35)36)17-7-9-21-22(11-17)32-43-31-21)28(34)18-12-24(38-2)29(41-5)25(13-18)39-3;/h6-9,11-14H,10,15H2,1-5H3,(H,35,36);/q;+1/p-1. The van der Waals surface area contributed by atoms with Gasteiger partial charge in [0.05, 0.1) is 53.2 Å². The first-order valence-corrected chi connectivity index (χ1v) is 13.4. The summed E-state index contributed by atoms with van der Waals surface area (Å²) < 4.78 is 40.2. The molecule has 0 aliphatic carbocycles. The van der Waals surface area contributed by atoms with Crippen LogP contribution in [0.2, 0.25) is 0 Å². The van der Waals surface area contributed by atoms with Gasteiger partial charge in [0.25, 0.3) is 0 Å². The summed E-state index contributed by atoms with van der Waals surface area (Å²) in [6, 6.07) is 12.2. The maximum atomic E-state index is 14.3. The molecule has 0 aliphatic rings. The van der Waals surface area contributed by atoms with E-state index in [4.69, 9.17) is 23.7 Å². The van der Waals surface area contributed by atoms with E-state index < -0.39 is 24.3 Å². The van der Waals surface area contributed by atoms with Gasteiger partial charge in [-0.1, -0.05) is 12.1 Å². The summed E-state index contributed by atoms with van der Waals surface area (Å²) in [5.41, 5.74) is 1.13. The number of fused-ring (bicyclic) bond motifs is 1. The van der Waals surface area contributed by atoms with Crippen molar-refractivity contribution >= 4 is 46.1 Å². The number of carbonyl (C=O) groups is 3. The Labute approximate surface area is 279 Å². The van der Waals surface area contributed by atoms with Crippen molar-refractivity contribution in [1.29, 1.82) is 0 Å². The molecule has 0 aliphatic heterocycles. The van der Waals surface area contributed by atoms with Crippen molar-refractivity contribution in [1.82, 2.24) is 8.75 Å². The summed E-state index contributed by atoms with van der Waals surface area (Å²) in [6.45, 7) is -0.433. The number of esters is 1. The third-order valence-electron chi connectivity index (χ3n) is 6.46. The van der Waals surface area contributed by atoms with Gasteiger partial charge in [-0.15, -0.1) is 0 Å². The fourth-order valence-electron chi connectivity index (χ4n) is 4.35. The number of aromatic nitrogens is 2. The number of nitrogens with zero attached hydrogens (tertiary/aromatic N) is 2. The van der Waals surface area contributed by atoms with E-state index in [1.54, 1.807) is 18.2 Å². The van der Waals surface area contributed by atoms with Crippen LogP contribution < -0.4 is 58.3 Å². The Morgan fingerprint density at radius 2 is 1.45 bits per heavy atom. The zero-order chi connectivity index (χ0) is 31.1. The molecule has 4 aromatic rings. The summed E-state index contributed by atoms with van der Waals surface area (Å²) in [5, 5.41) is 12.8. The normalized spacial score (nSPS) is 11.1. The van der Waals surface area contributed by atoms with Crippen LogP contribution in [0, 0.1) is 0 Å². The number of aliphatic carboxylic acids is 1. The summed E-state index contributed by atoms with van der Waals surface area (Å²) >= 11 is 0.971. The number of benzene rings is 3. The predicted molar refractivity (Wildman–Crippen MR) is 154 cm³/mol. The largest absolute Gasteiger partial charge is 1.00 e. The molecule has 0 saturated carbocycles. The van der Waals surface area contributed by atoms with E-state index in [1.807, 2.05) is 0 Å². The first-order valence-electron chi connectivity index (χ1n) is 12.6. The first kappa shape index (κ1) is 34.3. The second kappa shape index (κ2) is 15.5. The van der Waals surface area contributed by atoms with Gasteiger partial charge in [-0.05, 0) is 41.5 Å². The van der Waals surface area contributed by atoms with Crippen molar-refractivity contribution in [2.45, 2.75) is 6.42 Å². The number of ketones is 1. The number of ether oxygens (including phenoxy) is 6. The number of methoxy groups -OCH3 is 5. The third kappa shape index (κ3) is 7.48. The van der Waals surface area contributed by atoms with E-state index in [0.29, 0.717) is 22.3 Å². The summed E-state index contributed by atoms with van der Waals surface area (Å²) in [5.74, 6) is -1.67. The molecule has 44 heavy (non-hydrogen) atoms. The van der Waals surface area contributed by atoms with Gasteiger partial charge in [0.1, 0.15) is 22.5 Å². The van der Waals surface area contributed by atoms with Gasteiger partial charge in [0, 0.05) is 29.2 Å². The van der Waals surface area contributed by atoms with Gasteiger partial charge < -0.3 is 38.3 Å². The van der Waals surface area contributed by atoms with Crippen LogP contribution in [-0.2, 0) is 20.7 Å². The minimum Gasteiger partial charge on any atom is -0.545 e. The molecule has 0 bridgehead atoms. The van der Waals surface area contributed by atoms with Crippen LogP contribution in [0.25, 0.3) is 16.6 Å². The van der Waals surface area contributed by atoms with Crippen LogP contribution in [0.3, 0.4) is 0 Å². The summed E-state index contributed by atoms with van der Waals surface area (Å²) in [4.78, 5) is 38.9. The van der Waals surface area contributed by atoms with Crippen molar-refractivity contribution in [3.05, 3.63) is 70.8 Å². The van der Waals surface area contributed by atoms with Crippen LogP contribution >= 0.6 is 11.7 Å². The monoisotopic (exact) mass is 630 g/mol. The second-order valence-electron chi connectivity index (χ2n) is 8.87. The molecule has 0 saturated heterocycles. The summed E-state index contributed by atoms with van der Waals surface area (Å²) in [6.07, 6.45) is -0.243. The van der Waals surface area contributed by atoms with Crippen molar-refractivity contribution in [2.24, 2.45) is 0 Å². The molecule has 1 aromatic heterocycles. The number of carbonyl (C=O) groups excluding carboxylic acids is 3. The Hall–Kier alpha value is -4.17. The Bertz CT molecular complexity index is 1690. The average Bonchev–Trinajstić information content (AvgIpc) is 3.50. The van der Waals surface area contributed by atoms with Crippen LogP contribution in [0.5, 0.6) is 28.7 Å². The maximum absolute atomic E-state index is 14.3. The van der Waals surface area contributed by atoms with Gasteiger partial charge in [-0.2, -0.15) is 8.75 Å². The SMILES string of the molecule is COC(=O)COc1cc(OC)ccc1CC(C(=O)c1cc(OC)c(OC)c(OC)c1)=C(C(=O)[O-])c1ccc2nsnc2c1.[Na+]. The quantitative estimate of drug-likeness (QED) is 0.0839. The molecule has 0 N–H and O–H groups in total. The minimum absolute atomic E-state index is 0. The van der Waals surface area contributed by atoms with Gasteiger partial charge >= 0.3 is 35.5 Å². The van der Waals surface area contributed by atoms with E-state index in [-0.39, 0.29) is 81.2 Å². The Morgan fingerprint density at radius 3 is 2.05 bits per heavy atom. The average molecular weight is 631 g/mol. The number of carboxylic acids is 1. The molecular formula is C30H27N2NaO10S. The number of rotatable bonds is 13. The molecule has 1 heterocycles. The van der Waals surface area contributed by atoms with Crippen molar-refractivity contribution in [3.8, 4) is 28.7 Å². The van der Waals surface area contributed by atoms with Gasteiger partial charge in [0.2, 0.25) is 5.75 Å². The first-order chi connectivity index (χ1) is 20.7. The molecule has 4 rings (SSSR count). The summed E-state index contributed by atoms with van der Waals surface area (Å²) in [7, 11) is 6.89. The van der Waals surface area contributed by atoms with Gasteiger partial charge in [-0.3, -0.25) is 4.79 Å². The zero-order valence-corrected chi connectivity index (χ0v) is 27.7. The Morgan fingerprint density at radius 1 is 0.773 bits per heavy atom. The topological polar surface area (TPSA) is 155 Å². The van der Waals surface area contributed by atoms with Crippen molar-refractivity contribution < 1.29 is 77.5 Å². The molecule has 3 aromatic carbocycles. The van der Waals surface area contributed by atoms with Crippen LogP contribution in [-0.4, -0.2) is 68.6 Å². The molecular weight excluding hydrogens is 603 g/mol. The number of hydrogen-bond acceptors (Lipinski definition) is 13. The molecule has 14 heteroatoms. The predicted octanol–water partition coefficient (Wildman–Crippen LogP) is -0.0894. The molecule has 0 amide bonds. The van der Waals surface area contributed by atoms with Crippen LogP contribution in [0.1, 0.15) is 21.5 Å². The number of carboxylic acid groups (broad SMARTS) is 1. The Balaban J connectivity index is 0.00000529. The van der Waals surface area contributed by atoms with Crippen molar-refractivity contribution in [2.75, 3.05) is 42.2 Å². The number of allylic oxidation sites excluding steroid dienone is 1. The van der Waals surface area contributed by atoms with Crippen molar-refractivity contribution in [3.63, 3.8) is 0 Å². The smallest absolute Gasteiger partial charge is 0.545 e. The zero-order valence-electron chi connectivity index (χ0n) is 24.9. The molecule has 0 unspecified atom stereocenters. The molecule has 224 valence electrons. The van der Waals surface area contributed by atoms with Gasteiger partial charge in [-0.25, -0.2) is 4.79 Å². The second-order valence-corrected chi connectivity index (χ2v) is 9.40. The molecule has 12 nitrogen and oxygen atoms in total. The molecule has 0 fully saturated rings. The van der Waals surface area contributed by atoms with E-state index >= 15 is 0 Å². The Kier molecular flexibility index (Phi) is 12.1. The maximum Gasteiger partial charge on any atom is 1.00 e. The third-order valence-corrected chi connectivity index (χ3v) is 7.02. The van der Waals surface area contributed by atoms with E-state index in [2.05, 4.69) is 13.5 Å². The molecule has 0 radical (unpaired) electrons. The van der Waals surface area contributed by atoms with Crippen LogP contribution in [0.4, 0.5) is 0 Å². The van der Waals surface area contributed by atoms with Gasteiger partial charge in [0.15, 0.2) is 23.9 Å². The van der Waals surface area contributed by atoms with E-state index in [9.17, 15) is 19.5 Å². The van der Waals surface area contributed by atoms with E-state index in [0.717, 1.165) is 11.7 Å².